The number of piperazine rings is 1. The van der Waals surface area contributed by atoms with Crippen LogP contribution in [0, 0.1) is 0 Å². The van der Waals surface area contributed by atoms with Gasteiger partial charge in [-0.2, -0.15) is 0 Å². The van der Waals surface area contributed by atoms with Gasteiger partial charge < -0.3 is 24.8 Å². The molecule has 0 unspecified atom stereocenters. The Morgan fingerprint density at radius 3 is 2.48 bits per heavy atom. The van der Waals surface area contributed by atoms with Gasteiger partial charge in [0.1, 0.15) is 23.6 Å². The minimum absolute atomic E-state index is 0.187. The van der Waals surface area contributed by atoms with E-state index in [9.17, 15) is 9.59 Å². The molecule has 0 bridgehead atoms. The van der Waals surface area contributed by atoms with Crippen LogP contribution in [0.3, 0.4) is 0 Å². The molecule has 27 heavy (non-hydrogen) atoms. The number of carbonyl (C=O) groups excluding carboxylic acids is 2. The summed E-state index contributed by atoms with van der Waals surface area (Å²) in [6.45, 7) is 7.83. The van der Waals surface area contributed by atoms with Crippen molar-refractivity contribution in [3.8, 4) is 0 Å². The molecule has 9 heteroatoms. The Balaban J connectivity index is 1.78. The molecule has 1 fully saturated rings. The number of fused-ring (bicyclic) bond motifs is 1. The van der Waals surface area contributed by atoms with Crippen molar-refractivity contribution in [3.63, 3.8) is 0 Å². The fourth-order valence-electron chi connectivity index (χ4n) is 3.06. The van der Waals surface area contributed by atoms with Gasteiger partial charge in [-0.15, -0.1) is 0 Å². The zero-order valence-corrected chi connectivity index (χ0v) is 16.4. The third-order valence-electron chi connectivity index (χ3n) is 4.19. The van der Waals surface area contributed by atoms with Gasteiger partial charge in [0, 0.05) is 46.5 Å². The maximum absolute atomic E-state index is 12.3. The molecule has 9 nitrogen and oxygen atoms in total. The van der Waals surface area contributed by atoms with Crippen molar-refractivity contribution in [2.24, 2.45) is 0 Å². The molecule has 1 N–H and O–H groups in total. The molecule has 0 aromatic carbocycles. The number of hydrogen-bond donors (Lipinski definition) is 1. The summed E-state index contributed by atoms with van der Waals surface area (Å²) < 4.78 is 5.44. The second-order valence-corrected chi connectivity index (χ2v) is 7.84. The highest BCUT2D eigenvalue weighted by atomic mass is 16.6. The summed E-state index contributed by atoms with van der Waals surface area (Å²) >= 11 is 0. The van der Waals surface area contributed by atoms with Crippen LogP contribution in [0.25, 0.3) is 5.57 Å². The van der Waals surface area contributed by atoms with Crippen LogP contribution >= 0.6 is 0 Å². The molecule has 0 atom stereocenters. The third-order valence-corrected chi connectivity index (χ3v) is 4.19. The SMILES string of the molecule is CN(C)C=C1C(=O)Nc2ncnc(N3CCN(C(=O)OC(C)(C)C)CC3)c21. The molecule has 2 aliphatic rings. The third kappa shape index (κ3) is 4.12. The van der Waals surface area contributed by atoms with Gasteiger partial charge in [0.15, 0.2) is 0 Å². The predicted octanol–water partition coefficient (Wildman–Crippen LogP) is 1.39. The lowest BCUT2D eigenvalue weighted by atomic mass is 10.1. The van der Waals surface area contributed by atoms with Crippen molar-refractivity contribution in [2.75, 3.05) is 50.5 Å². The first-order valence-electron chi connectivity index (χ1n) is 8.93. The van der Waals surface area contributed by atoms with Gasteiger partial charge in [0.25, 0.3) is 5.91 Å². The van der Waals surface area contributed by atoms with Crippen LogP contribution in [0.1, 0.15) is 26.3 Å². The minimum atomic E-state index is -0.514. The van der Waals surface area contributed by atoms with E-state index >= 15 is 0 Å². The topological polar surface area (TPSA) is 90.9 Å². The lowest BCUT2D eigenvalue weighted by molar-refractivity contribution is -0.110. The fraction of sp³-hybridized carbons (Fsp3) is 0.556. The van der Waals surface area contributed by atoms with Crippen LogP contribution in [0.15, 0.2) is 12.5 Å². The number of anilines is 2. The van der Waals surface area contributed by atoms with E-state index in [4.69, 9.17) is 4.74 Å². The van der Waals surface area contributed by atoms with E-state index < -0.39 is 5.60 Å². The summed E-state index contributed by atoms with van der Waals surface area (Å²) in [4.78, 5) is 38.8. The number of ether oxygens (including phenoxy) is 1. The molecule has 0 spiro atoms. The predicted molar refractivity (Wildman–Crippen MR) is 102 cm³/mol. The Labute approximate surface area is 159 Å². The maximum atomic E-state index is 12.3. The molecule has 2 amide bonds. The van der Waals surface area contributed by atoms with Gasteiger partial charge >= 0.3 is 6.09 Å². The van der Waals surface area contributed by atoms with Crippen LogP contribution in [-0.4, -0.2) is 77.6 Å². The van der Waals surface area contributed by atoms with Crippen molar-refractivity contribution in [3.05, 3.63) is 18.1 Å². The quantitative estimate of drug-likeness (QED) is 0.782. The van der Waals surface area contributed by atoms with E-state index in [1.807, 2.05) is 39.8 Å². The first-order chi connectivity index (χ1) is 12.7. The molecular weight excluding hydrogens is 348 g/mol. The van der Waals surface area contributed by atoms with E-state index in [1.54, 1.807) is 11.1 Å². The van der Waals surface area contributed by atoms with Crippen LogP contribution in [0.5, 0.6) is 0 Å². The first-order valence-corrected chi connectivity index (χ1v) is 8.93. The number of rotatable bonds is 2. The molecule has 2 aliphatic heterocycles. The molecule has 0 saturated carbocycles. The van der Waals surface area contributed by atoms with Crippen molar-refractivity contribution >= 4 is 29.2 Å². The number of nitrogens with one attached hydrogen (secondary N) is 1. The normalized spacial score (nSPS) is 18.4. The van der Waals surface area contributed by atoms with Crippen molar-refractivity contribution in [2.45, 2.75) is 26.4 Å². The van der Waals surface area contributed by atoms with Crippen molar-refractivity contribution in [1.82, 2.24) is 19.8 Å². The van der Waals surface area contributed by atoms with Crippen molar-refractivity contribution in [1.29, 1.82) is 0 Å². The highest BCUT2D eigenvalue weighted by molar-refractivity contribution is 6.32. The van der Waals surface area contributed by atoms with Crippen LogP contribution < -0.4 is 10.2 Å². The number of amides is 2. The highest BCUT2D eigenvalue weighted by Crippen LogP contribution is 2.36. The van der Waals surface area contributed by atoms with E-state index in [1.165, 1.54) is 6.33 Å². The monoisotopic (exact) mass is 374 g/mol. The van der Waals surface area contributed by atoms with Crippen LogP contribution in [-0.2, 0) is 9.53 Å². The van der Waals surface area contributed by atoms with Gasteiger partial charge in [-0.05, 0) is 20.8 Å². The number of carbonyl (C=O) groups is 2. The molecule has 3 heterocycles. The van der Waals surface area contributed by atoms with E-state index in [0.29, 0.717) is 49.0 Å². The van der Waals surface area contributed by atoms with Gasteiger partial charge in [-0.25, -0.2) is 14.8 Å². The Kier molecular flexibility index (Phi) is 4.95. The Morgan fingerprint density at radius 1 is 1.22 bits per heavy atom. The van der Waals surface area contributed by atoms with E-state index in [2.05, 4.69) is 20.2 Å². The Morgan fingerprint density at radius 2 is 1.89 bits per heavy atom. The number of nitrogens with zero attached hydrogens (tertiary/aromatic N) is 5. The number of aromatic nitrogens is 2. The second kappa shape index (κ2) is 7.05. The van der Waals surface area contributed by atoms with E-state index in [-0.39, 0.29) is 12.0 Å². The summed E-state index contributed by atoms with van der Waals surface area (Å²) in [5, 5.41) is 2.79. The molecular formula is C18H26N6O3. The summed E-state index contributed by atoms with van der Waals surface area (Å²) in [5.74, 6) is 1.04. The zero-order chi connectivity index (χ0) is 19.8. The fourth-order valence-corrected chi connectivity index (χ4v) is 3.06. The summed E-state index contributed by atoms with van der Waals surface area (Å²) in [6.07, 6.45) is 2.92. The zero-order valence-electron chi connectivity index (χ0n) is 16.4. The molecule has 1 saturated heterocycles. The highest BCUT2D eigenvalue weighted by Gasteiger charge is 2.33. The molecule has 1 aromatic rings. The minimum Gasteiger partial charge on any atom is -0.444 e. The Hall–Kier alpha value is -2.84. The molecule has 0 aliphatic carbocycles. The van der Waals surface area contributed by atoms with Crippen molar-refractivity contribution < 1.29 is 14.3 Å². The largest absolute Gasteiger partial charge is 0.444 e. The number of hydrogen-bond acceptors (Lipinski definition) is 7. The smallest absolute Gasteiger partial charge is 0.410 e. The first kappa shape index (κ1) is 18.9. The lowest BCUT2D eigenvalue weighted by Crippen LogP contribution is -2.50. The van der Waals surface area contributed by atoms with Crippen LogP contribution in [0.2, 0.25) is 0 Å². The van der Waals surface area contributed by atoms with Gasteiger partial charge in [-0.1, -0.05) is 0 Å². The standard InChI is InChI=1S/C18H26N6O3/c1-18(2,3)27-17(26)24-8-6-23(7-9-24)15-13-12(10-22(4)5)16(25)21-14(13)19-11-20-15/h10-11H,6-9H2,1-5H3,(H,19,20,21,25). The molecule has 1 aromatic heterocycles. The van der Waals surface area contributed by atoms with Gasteiger partial charge in [0.05, 0.1) is 11.1 Å². The van der Waals surface area contributed by atoms with Crippen LogP contribution in [0.4, 0.5) is 16.4 Å². The summed E-state index contributed by atoms with van der Waals surface area (Å²) in [6, 6.07) is 0. The summed E-state index contributed by atoms with van der Waals surface area (Å²) in [5.41, 5.74) is 0.738. The molecule has 0 radical (unpaired) electrons. The van der Waals surface area contributed by atoms with E-state index in [0.717, 1.165) is 0 Å². The summed E-state index contributed by atoms with van der Waals surface area (Å²) in [7, 11) is 3.72. The molecule has 146 valence electrons. The van der Waals surface area contributed by atoms with Gasteiger partial charge in [-0.3, -0.25) is 4.79 Å². The van der Waals surface area contributed by atoms with Gasteiger partial charge in [0.2, 0.25) is 0 Å². The second-order valence-electron chi connectivity index (χ2n) is 7.84. The average Bonchev–Trinajstić information content (AvgIpc) is 2.88. The maximum Gasteiger partial charge on any atom is 0.410 e. The molecule has 3 rings (SSSR count). The Bertz CT molecular complexity index is 776. The average molecular weight is 374 g/mol. The lowest BCUT2D eigenvalue weighted by Gasteiger charge is -2.36.